The van der Waals surface area contributed by atoms with Gasteiger partial charge < -0.3 is 4.90 Å². The summed E-state index contributed by atoms with van der Waals surface area (Å²) in [5.41, 5.74) is 2.98. The van der Waals surface area contributed by atoms with Crippen LogP contribution in [0.25, 0.3) is 0 Å². The van der Waals surface area contributed by atoms with E-state index in [9.17, 15) is 4.79 Å². The summed E-state index contributed by atoms with van der Waals surface area (Å²) in [6, 6.07) is 17.2. The SMILES string of the molecule is CCN(c1ccccc1)c1cc(C#N)ccc1C(C)=O. The maximum Gasteiger partial charge on any atom is 0.161 e. The highest BCUT2D eigenvalue weighted by Gasteiger charge is 2.15. The first-order chi connectivity index (χ1) is 9.67. The van der Waals surface area contributed by atoms with Gasteiger partial charge in [-0.1, -0.05) is 18.2 Å². The summed E-state index contributed by atoms with van der Waals surface area (Å²) in [4.78, 5) is 13.8. The number of hydrogen-bond acceptors (Lipinski definition) is 3. The zero-order chi connectivity index (χ0) is 14.5. The van der Waals surface area contributed by atoms with E-state index in [4.69, 9.17) is 5.26 Å². The van der Waals surface area contributed by atoms with E-state index in [-0.39, 0.29) is 5.78 Å². The van der Waals surface area contributed by atoms with Gasteiger partial charge in [0.05, 0.1) is 17.3 Å². The van der Waals surface area contributed by atoms with Crippen LogP contribution >= 0.6 is 0 Å². The van der Waals surface area contributed by atoms with E-state index in [1.807, 2.05) is 42.2 Å². The van der Waals surface area contributed by atoms with E-state index >= 15 is 0 Å². The van der Waals surface area contributed by atoms with Gasteiger partial charge in [0.15, 0.2) is 5.78 Å². The third-order valence-electron chi connectivity index (χ3n) is 3.18. The summed E-state index contributed by atoms with van der Waals surface area (Å²) in [6.07, 6.45) is 0. The molecule has 0 fully saturated rings. The molecule has 0 bridgehead atoms. The second-order valence-corrected chi connectivity index (χ2v) is 4.48. The van der Waals surface area contributed by atoms with Gasteiger partial charge in [0.25, 0.3) is 0 Å². The van der Waals surface area contributed by atoms with Gasteiger partial charge in [-0.05, 0) is 44.2 Å². The molecule has 0 atom stereocenters. The van der Waals surface area contributed by atoms with Gasteiger partial charge in [0.1, 0.15) is 0 Å². The van der Waals surface area contributed by atoms with Gasteiger partial charge in [-0.3, -0.25) is 4.79 Å². The number of nitriles is 1. The van der Waals surface area contributed by atoms with Crippen LogP contribution in [-0.4, -0.2) is 12.3 Å². The predicted octanol–water partition coefficient (Wildman–Crippen LogP) is 3.92. The highest BCUT2D eigenvalue weighted by Crippen LogP contribution is 2.29. The van der Waals surface area contributed by atoms with E-state index < -0.39 is 0 Å². The summed E-state index contributed by atoms with van der Waals surface area (Å²) in [5, 5.41) is 9.06. The molecule has 0 radical (unpaired) electrons. The van der Waals surface area contributed by atoms with Crippen molar-refractivity contribution >= 4 is 17.2 Å². The number of benzene rings is 2. The van der Waals surface area contributed by atoms with Crippen LogP contribution in [0.3, 0.4) is 0 Å². The highest BCUT2D eigenvalue weighted by atomic mass is 16.1. The van der Waals surface area contributed by atoms with Crippen molar-refractivity contribution in [2.75, 3.05) is 11.4 Å². The van der Waals surface area contributed by atoms with Gasteiger partial charge in [-0.25, -0.2) is 0 Å². The average Bonchev–Trinajstić information content (AvgIpc) is 2.48. The van der Waals surface area contributed by atoms with Gasteiger partial charge in [0.2, 0.25) is 0 Å². The molecular weight excluding hydrogens is 248 g/mol. The van der Waals surface area contributed by atoms with Crippen LogP contribution in [0.5, 0.6) is 0 Å². The average molecular weight is 264 g/mol. The minimum absolute atomic E-state index is 0.00105. The van der Waals surface area contributed by atoms with Gasteiger partial charge in [-0.2, -0.15) is 5.26 Å². The molecule has 0 saturated heterocycles. The third-order valence-corrected chi connectivity index (χ3v) is 3.18. The van der Waals surface area contributed by atoms with Crippen molar-refractivity contribution in [1.82, 2.24) is 0 Å². The Morgan fingerprint density at radius 1 is 1.20 bits per heavy atom. The first-order valence-electron chi connectivity index (χ1n) is 6.55. The molecule has 0 spiro atoms. The first-order valence-corrected chi connectivity index (χ1v) is 6.55. The number of nitrogens with zero attached hydrogens (tertiary/aromatic N) is 2. The lowest BCUT2D eigenvalue weighted by molar-refractivity contribution is 0.101. The highest BCUT2D eigenvalue weighted by molar-refractivity contribution is 6.00. The summed E-state index contributed by atoms with van der Waals surface area (Å²) in [6.45, 7) is 4.29. The largest absolute Gasteiger partial charge is 0.341 e. The van der Waals surface area contributed by atoms with Crippen molar-refractivity contribution in [3.8, 4) is 6.07 Å². The van der Waals surface area contributed by atoms with Crippen LogP contribution in [0.4, 0.5) is 11.4 Å². The van der Waals surface area contributed by atoms with Crippen LogP contribution in [-0.2, 0) is 0 Å². The number of Topliss-reactive ketones (excluding diaryl/α,β-unsaturated/α-hetero) is 1. The minimum Gasteiger partial charge on any atom is -0.341 e. The summed E-state index contributed by atoms with van der Waals surface area (Å²) in [5.74, 6) is -0.00105. The van der Waals surface area contributed by atoms with Gasteiger partial charge >= 0.3 is 0 Å². The lowest BCUT2D eigenvalue weighted by Gasteiger charge is -2.25. The summed E-state index contributed by atoms with van der Waals surface area (Å²) in [7, 11) is 0. The van der Waals surface area contributed by atoms with E-state index in [2.05, 4.69) is 6.07 Å². The molecule has 0 N–H and O–H groups in total. The molecule has 2 aromatic rings. The number of rotatable bonds is 4. The Labute approximate surface area is 119 Å². The van der Waals surface area contributed by atoms with Crippen molar-refractivity contribution in [3.63, 3.8) is 0 Å². The lowest BCUT2D eigenvalue weighted by Crippen LogP contribution is -2.18. The van der Waals surface area contributed by atoms with Gasteiger partial charge in [-0.15, -0.1) is 0 Å². The quantitative estimate of drug-likeness (QED) is 0.786. The van der Waals surface area contributed by atoms with Crippen LogP contribution in [0.2, 0.25) is 0 Å². The maximum atomic E-state index is 11.8. The molecule has 2 aromatic carbocycles. The number of ketones is 1. The van der Waals surface area contributed by atoms with E-state index in [1.54, 1.807) is 25.1 Å². The van der Waals surface area contributed by atoms with Crippen molar-refractivity contribution < 1.29 is 4.79 Å². The van der Waals surface area contributed by atoms with Gasteiger partial charge in [0, 0.05) is 17.8 Å². The molecule has 0 unspecified atom stereocenters. The fourth-order valence-electron chi connectivity index (χ4n) is 2.22. The smallest absolute Gasteiger partial charge is 0.161 e. The van der Waals surface area contributed by atoms with Crippen LogP contribution < -0.4 is 4.90 Å². The second kappa shape index (κ2) is 6.03. The number of para-hydroxylation sites is 1. The fraction of sp³-hybridized carbons (Fsp3) is 0.176. The standard InChI is InChI=1S/C17H16N2O/c1-3-19(15-7-5-4-6-8-15)17-11-14(12-18)9-10-16(17)13(2)20/h4-11H,3H2,1-2H3. The predicted molar refractivity (Wildman–Crippen MR) is 80.3 cm³/mol. The topological polar surface area (TPSA) is 44.1 Å². The Morgan fingerprint density at radius 3 is 2.45 bits per heavy atom. The molecule has 0 aliphatic rings. The Bertz CT molecular complexity index is 656. The Balaban J connectivity index is 2.59. The Kier molecular flexibility index (Phi) is 4.17. The molecule has 0 amide bonds. The molecule has 3 heteroatoms. The lowest BCUT2D eigenvalue weighted by atomic mass is 10.0. The van der Waals surface area contributed by atoms with Crippen LogP contribution in [0.1, 0.15) is 29.8 Å². The molecule has 0 aliphatic heterocycles. The number of hydrogen-bond donors (Lipinski definition) is 0. The molecule has 3 nitrogen and oxygen atoms in total. The molecule has 0 saturated carbocycles. The number of anilines is 2. The maximum absolute atomic E-state index is 11.8. The minimum atomic E-state index is -0.00105. The van der Waals surface area contributed by atoms with Crippen LogP contribution in [0.15, 0.2) is 48.5 Å². The van der Waals surface area contributed by atoms with Crippen molar-refractivity contribution in [1.29, 1.82) is 5.26 Å². The molecule has 0 aliphatic carbocycles. The monoisotopic (exact) mass is 264 g/mol. The molecule has 0 heterocycles. The Hall–Kier alpha value is -2.60. The normalized spacial score (nSPS) is 9.85. The molecule has 2 rings (SSSR count). The second-order valence-electron chi connectivity index (χ2n) is 4.48. The first kappa shape index (κ1) is 13.8. The zero-order valence-corrected chi connectivity index (χ0v) is 11.6. The molecule has 20 heavy (non-hydrogen) atoms. The van der Waals surface area contributed by atoms with Crippen molar-refractivity contribution in [2.45, 2.75) is 13.8 Å². The Morgan fingerprint density at radius 2 is 1.90 bits per heavy atom. The van der Waals surface area contributed by atoms with E-state index in [0.29, 0.717) is 11.1 Å². The third kappa shape index (κ3) is 2.70. The summed E-state index contributed by atoms with van der Waals surface area (Å²) >= 11 is 0. The zero-order valence-electron chi connectivity index (χ0n) is 11.6. The fourth-order valence-corrected chi connectivity index (χ4v) is 2.22. The van der Waals surface area contributed by atoms with Crippen molar-refractivity contribution in [2.24, 2.45) is 0 Å². The summed E-state index contributed by atoms with van der Waals surface area (Å²) < 4.78 is 0. The molecule has 100 valence electrons. The van der Waals surface area contributed by atoms with E-state index in [1.165, 1.54) is 0 Å². The molecular formula is C17H16N2O. The molecule has 0 aromatic heterocycles. The van der Waals surface area contributed by atoms with Crippen molar-refractivity contribution in [3.05, 3.63) is 59.7 Å². The number of carbonyl (C=O) groups is 1. The van der Waals surface area contributed by atoms with Crippen LogP contribution in [0, 0.1) is 11.3 Å². The van der Waals surface area contributed by atoms with E-state index in [0.717, 1.165) is 17.9 Å². The number of carbonyl (C=O) groups excluding carboxylic acids is 1.